The van der Waals surface area contributed by atoms with Crippen molar-refractivity contribution in [2.75, 3.05) is 12.3 Å². The molecule has 0 saturated carbocycles. The summed E-state index contributed by atoms with van der Waals surface area (Å²) in [6, 6.07) is 4.53. The van der Waals surface area contributed by atoms with Crippen molar-refractivity contribution < 1.29 is 13.9 Å². The van der Waals surface area contributed by atoms with Crippen LogP contribution < -0.4 is 5.73 Å². The number of likely N-dealkylation sites (tertiary alicyclic amines) is 1. The third kappa shape index (κ3) is 3.21. The number of carbonyl (C=O) groups is 1. The van der Waals surface area contributed by atoms with E-state index in [9.17, 15) is 9.18 Å². The smallest absolute Gasteiger partial charge is 0.410 e. The van der Waals surface area contributed by atoms with Gasteiger partial charge in [-0.1, -0.05) is 6.07 Å². The summed E-state index contributed by atoms with van der Waals surface area (Å²) in [5.74, 6) is -0.435. The van der Waals surface area contributed by atoms with Crippen molar-refractivity contribution in [1.82, 2.24) is 4.90 Å². The van der Waals surface area contributed by atoms with Gasteiger partial charge in [-0.05, 0) is 51.3 Å². The summed E-state index contributed by atoms with van der Waals surface area (Å²) < 4.78 is 18.6. The van der Waals surface area contributed by atoms with Gasteiger partial charge >= 0.3 is 6.09 Å². The number of nitrogen functional groups attached to an aromatic ring is 1. The Hall–Kier alpha value is -1.78. The Morgan fingerprint density at radius 3 is 2.75 bits per heavy atom. The van der Waals surface area contributed by atoms with E-state index in [0.717, 1.165) is 18.4 Å². The number of amides is 1. The first-order chi connectivity index (χ1) is 9.28. The third-order valence-corrected chi connectivity index (χ3v) is 3.29. The van der Waals surface area contributed by atoms with Crippen LogP contribution in [0.4, 0.5) is 14.9 Å². The molecule has 2 N–H and O–H groups in total. The molecule has 20 heavy (non-hydrogen) atoms. The van der Waals surface area contributed by atoms with E-state index in [2.05, 4.69) is 0 Å². The molecule has 1 fully saturated rings. The van der Waals surface area contributed by atoms with E-state index < -0.39 is 11.4 Å². The Morgan fingerprint density at radius 2 is 2.15 bits per heavy atom. The highest BCUT2D eigenvalue weighted by atomic mass is 19.1. The second-order valence-corrected chi connectivity index (χ2v) is 6.11. The molecule has 2 rings (SSSR count). The van der Waals surface area contributed by atoms with E-state index in [0.29, 0.717) is 6.54 Å². The summed E-state index contributed by atoms with van der Waals surface area (Å²) in [6.45, 7) is 6.17. The number of benzene rings is 1. The van der Waals surface area contributed by atoms with Crippen LogP contribution >= 0.6 is 0 Å². The van der Waals surface area contributed by atoms with Crippen molar-refractivity contribution in [3.63, 3.8) is 0 Å². The van der Waals surface area contributed by atoms with Crippen LogP contribution in [0.1, 0.15) is 45.2 Å². The molecule has 0 radical (unpaired) electrons. The van der Waals surface area contributed by atoms with Gasteiger partial charge in [0.15, 0.2) is 0 Å². The predicted molar refractivity (Wildman–Crippen MR) is 75.7 cm³/mol. The number of nitrogens with zero attached hydrogens (tertiary/aromatic N) is 1. The maximum absolute atomic E-state index is 13.2. The lowest BCUT2D eigenvalue weighted by Gasteiger charge is -2.29. The van der Waals surface area contributed by atoms with Gasteiger partial charge in [-0.15, -0.1) is 0 Å². The van der Waals surface area contributed by atoms with Crippen LogP contribution in [0, 0.1) is 5.82 Å². The molecule has 1 aromatic carbocycles. The molecular formula is C15H21FN2O2. The zero-order valence-corrected chi connectivity index (χ0v) is 12.1. The molecule has 1 saturated heterocycles. The molecule has 4 nitrogen and oxygen atoms in total. The van der Waals surface area contributed by atoms with E-state index >= 15 is 0 Å². The molecule has 5 heteroatoms. The van der Waals surface area contributed by atoms with Crippen molar-refractivity contribution in [2.45, 2.75) is 45.3 Å². The van der Waals surface area contributed by atoms with Crippen molar-refractivity contribution in [1.29, 1.82) is 0 Å². The highest BCUT2D eigenvalue weighted by Crippen LogP contribution is 2.34. The van der Waals surface area contributed by atoms with Crippen LogP contribution in [-0.4, -0.2) is 23.1 Å². The van der Waals surface area contributed by atoms with Gasteiger partial charge in [0.25, 0.3) is 0 Å². The molecular weight excluding hydrogens is 259 g/mol. The van der Waals surface area contributed by atoms with Crippen molar-refractivity contribution >= 4 is 11.8 Å². The summed E-state index contributed by atoms with van der Waals surface area (Å²) in [6.07, 6.45) is 1.41. The number of ether oxygens (including phenoxy) is 1. The third-order valence-electron chi connectivity index (χ3n) is 3.29. The van der Waals surface area contributed by atoms with E-state index in [1.165, 1.54) is 6.07 Å². The van der Waals surface area contributed by atoms with Gasteiger partial charge < -0.3 is 15.4 Å². The van der Waals surface area contributed by atoms with Crippen LogP contribution in [0.2, 0.25) is 0 Å². The van der Waals surface area contributed by atoms with Gasteiger partial charge in [0.1, 0.15) is 11.4 Å². The lowest BCUT2D eigenvalue weighted by molar-refractivity contribution is 0.0224. The summed E-state index contributed by atoms with van der Waals surface area (Å²) in [5, 5.41) is 0. The average molecular weight is 280 g/mol. The lowest BCUT2D eigenvalue weighted by atomic mass is 10.0. The molecule has 0 aliphatic carbocycles. The summed E-state index contributed by atoms with van der Waals surface area (Å²) in [7, 11) is 0. The fraction of sp³-hybridized carbons (Fsp3) is 0.533. The lowest BCUT2D eigenvalue weighted by Crippen LogP contribution is -2.36. The minimum atomic E-state index is -0.522. The molecule has 1 atom stereocenters. The van der Waals surface area contributed by atoms with Crippen molar-refractivity contribution in [3.05, 3.63) is 29.6 Å². The molecule has 0 aromatic heterocycles. The topological polar surface area (TPSA) is 55.6 Å². The van der Waals surface area contributed by atoms with Crippen molar-refractivity contribution in [3.8, 4) is 0 Å². The maximum Gasteiger partial charge on any atom is 0.410 e. The fourth-order valence-corrected chi connectivity index (χ4v) is 2.42. The Morgan fingerprint density at radius 1 is 1.45 bits per heavy atom. The molecule has 1 aliphatic heterocycles. The molecule has 1 aliphatic rings. The van der Waals surface area contributed by atoms with Crippen molar-refractivity contribution in [2.24, 2.45) is 0 Å². The highest BCUT2D eigenvalue weighted by molar-refractivity contribution is 5.69. The van der Waals surface area contributed by atoms with Gasteiger partial charge in [0, 0.05) is 6.54 Å². The first kappa shape index (κ1) is 14.6. The zero-order valence-electron chi connectivity index (χ0n) is 12.1. The number of carbonyl (C=O) groups excluding carboxylic acids is 1. The minimum absolute atomic E-state index is 0.0900. The molecule has 1 aromatic rings. The van der Waals surface area contributed by atoms with Gasteiger partial charge in [0.05, 0.1) is 11.7 Å². The SMILES string of the molecule is CC(C)(C)OC(=O)N1CCCC1c1ccc(F)c(N)c1. The first-order valence-corrected chi connectivity index (χ1v) is 6.82. The number of nitrogens with two attached hydrogens (primary N) is 1. The van der Waals surface area contributed by atoms with Crippen LogP contribution in [0.3, 0.4) is 0 Å². The summed E-state index contributed by atoms with van der Waals surface area (Å²) in [4.78, 5) is 13.9. The Bertz CT molecular complexity index is 511. The van der Waals surface area contributed by atoms with E-state index in [-0.39, 0.29) is 17.8 Å². The number of halogens is 1. The number of rotatable bonds is 1. The fourth-order valence-electron chi connectivity index (χ4n) is 2.42. The normalized spacial score (nSPS) is 19.2. The van der Waals surface area contributed by atoms with Gasteiger partial charge in [-0.25, -0.2) is 9.18 Å². The molecule has 1 unspecified atom stereocenters. The quantitative estimate of drug-likeness (QED) is 0.801. The van der Waals surface area contributed by atoms with Crippen LogP contribution in [-0.2, 0) is 4.74 Å². The van der Waals surface area contributed by atoms with Crippen LogP contribution in [0.15, 0.2) is 18.2 Å². The Balaban J connectivity index is 2.18. The minimum Gasteiger partial charge on any atom is -0.444 e. The largest absolute Gasteiger partial charge is 0.444 e. The summed E-state index contributed by atoms with van der Waals surface area (Å²) in [5.41, 5.74) is 6.04. The highest BCUT2D eigenvalue weighted by Gasteiger charge is 2.33. The van der Waals surface area contributed by atoms with Gasteiger partial charge in [-0.2, -0.15) is 0 Å². The first-order valence-electron chi connectivity index (χ1n) is 6.82. The molecule has 0 bridgehead atoms. The van der Waals surface area contributed by atoms with E-state index in [1.54, 1.807) is 17.0 Å². The van der Waals surface area contributed by atoms with Crippen LogP contribution in [0.25, 0.3) is 0 Å². The monoisotopic (exact) mass is 280 g/mol. The molecule has 1 amide bonds. The molecule has 1 heterocycles. The van der Waals surface area contributed by atoms with E-state index in [1.807, 2.05) is 20.8 Å². The molecule has 110 valence electrons. The van der Waals surface area contributed by atoms with E-state index in [4.69, 9.17) is 10.5 Å². The van der Waals surface area contributed by atoms with Crippen LogP contribution in [0.5, 0.6) is 0 Å². The Labute approximate surface area is 118 Å². The number of hydrogen-bond donors (Lipinski definition) is 1. The number of anilines is 1. The second-order valence-electron chi connectivity index (χ2n) is 6.11. The maximum atomic E-state index is 13.2. The zero-order chi connectivity index (χ0) is 14.9. The summed E-state index contributed by atoms with van der Waals surface area (Å²) >= 11 is 0. The average Bonchev–Trinajstić information content (AvgIpc) is 2.79. The van der Waals surface area contributed by atoms with Gasteiger partial charge in [-0.3, -0.25) is 0 Å². The molecule has 0 spiro atoms. The standard InChI is InChI=1S/C15H21FN2O2/c1-15(2,3)20-14(19)18-8-4-5-13(18)10-6-7-11(16)12(17)9-10/h6-7,9,13H,4-5,8,17H2,1-3H3. The second kappa shape index (κ2) is 5.31. The predicted octanol–water partition coefficient (Wildman–Crippen LogP) is 3.48. The Kier molecular flexibility index (Phi) is 3.88. The van der Waals surface area contributed by atoms with Gasteiger partial charge in [0.2, 0.25) is 0 Å². The number of hydrogen-bond acceptors (Lipinski definition) is 3.